The van der Waals surface area contributed by atoms with Gasteiger partial charge in [-0.05, 0) is 42.3 Å². The minimum absolute atomic E-state index is 0.192. The monoisotopic (exact) mass is 364 g/mol. The standard InChI is InChI=1S/C18H18ClFN2OS/c19-14-3-1-2-4-16(14)24-10-8-17(23)22-15-6-5-12-11-21-9-7-13(12)18(15)20/h1-6,21H,7-11H2,(H,22,23). The number of amides is 1. The average molecular weight is 365 g/mol. The van der Waals surface area contributed by atoms with Gasteiger partial charge in [-0.2, -0.15) is 0 Å². The summed E-state index contributed by atoms with van der Waals surface area (Å²) in [6.45, 7) is 1.44. The van der Waals surface area contributed by atoms with Crippen molar-refractivity contribution >= 4 is 35.0 Å². The molecule has 24 heavy (non-hydrogen) atoms. The van der Waals surface area contributed by atoms with Crippen LogP contribution < -0.4 is 10.6 Å². The lowest BCUT2D eigenvalue weighted by Gasteiger charge is -2.19. The zero-order valence-corrected chi connectivity index (χ0v) is 14.6. The number of rotatable bonds is 5. The highest BCUT2D eigenvalue weighted by atomic mass is 35.5. The van der Waals surface area contributed by atoms with E-state index >= 15 is 0 Å². The summed E-state index contributed by atoms with van der Waals surface area (Å²) in [7, 11) is 0. The zero-order valence-electron chi connectivity index (χ0n) is 13.1. The molecule has 1 aliphatic rings. The number of nitrogens with one attached hydrogen (secondary N) is 2. The third-order valence-corrected chi connectivity index (χ3v) is 5.42. The molecule has 0 bridgehead atoms. The minimum atomic E-state index is -0.305. The van der Waals surface area contributed by atoms with E-state index < -0.39 is 0 Å². The highest BCUT2D eigenvalue weighted by Crippen LogP contribution is 2.28. The SMILES string of the molecule is O=C(CCSc1ccccc1Cl)Nc1ccc2c(c1F)CCNC2. The van der Waals surface area contributed by atoms with Crippen LogP contribution in [0, 0.1) is 5.82 Å². The van der Waals surface area contributed by atoms with E-state index in [0.29, 0.717) is 35.7 Å². The topological polar surface area (TPSA) is 41.1 Å². The van der Waals surface area contributed by atoms with Gasteiger partial charge in [-0.3, -0.25) is 4.79 Å². The molecule has 0 saturated carbocycles. The van der Waals surface area contributed by atoms with Gasteiger partial charge in [0.05, 0.1) is 10.7 Å². The molecule has 3 nitrogen and oxygen atoms in total. The zero-order chi connectivity index (χ0) is 16.9. The first-order valence-corrected chi connectivity index (χ1v) is 9.19. The van der Waals surface area contributed by atoms with E-state index in [2.05, 4.69) is 10.6 Å². The predicted octanol–water partition coefficient (Wildman–Crippen LogP) is 4.25. The van der Waals surface area contributed by atoms with Crippen LogP contribution in [0.5, 0.6) is 0 Å². The first-order chi connectivity index (χ1) is 11.6. The lowest BCUT2D eigenvalue weighted by molar-refractivity contribution is -0.115. The smallest absolute Gasteiger partial charge is 0.225 e. The summed E-state index contributed by atoms with van der Waals surface area (Å²) in [6.07, 6.45) is 0.946. The lowest BCUT2D eigenvalue weighted by Crippen LogP contribution is -2.25. The number of hydrogen-bond donors (Lipinski definition) is 2. The number of thioether (sulfide) groups is 1. The molecule has 0 aromatic heterocycles. The van der Waals surface area contributed by atoms with Gasteiger partial charge >= 0.3 is 0 Å². The molecule has 0 atom stereocenters. The van der Waals surface area contributed by atoms with Crippen LogP contribution in [-0.4, -0.2) is 18.2 Å². The Morgan fingerprint density at radius 2 is 2.12 bits per heavy atom. The second-order valence-corrected chi connectivity index (χ2v) is 7.11. The quantitative estimate of drug-likeness (QED) is 0.779. The maximum atomic E-state index is 14.5. The molecule has 126 valence electrons. The number of hydrogen-bond acceptors (Lipinski definition) is 3. The van der Waals surface area contributed by atoms with E-state index in [4.69, 9.17) is 11.6 Å². The number of carbonyl (C=O) groups is 1. The van der Waals surface area contributed by atoms with Crippen LogP contribution in [0.15, 0.2) is 41.3 Å². The van der Waals surface area contributed by atoms with Crippen LogP contribution in [0.25, 0.3) is 0 Å². The van der Waals surface area contributed by atoms with Crippen LogP contribution in [0.2, 0.25) is 5.02 Å². The summed E-state index contributed by atoms with van der Waals surface area (Å²) >= 11 is 7.60. The molecule has 0 radical (unpaired) electrons. The third kappa shape index (κ3) is 4.09. The molecule has 2 N–H and O–H groups in total. The van der Waals surface area contributed by atoms with E-state index in [1.54, 1.807) is 6.07 Å². The third-order valence-electron chi connectivity index (χ3n) is 3.90. The number of fused-ring (bicyclic) bond motifs is 1. The van der Waals surface area contributed by atoms with E-state index in [0.717, 1.165) is 17.0 Å². The fourth-order valence-corrected chi connectivity index (χ4v) is 3.85. The fraction of sp³-hybridized carbons (Fsp3) is 0.278. The second-order valence-electron chi connectivity index (χ2n) is 5.57. The Bertz CT molecular complexity index is 754. The molecular formula is C18H18ClFN2OS. The molecule has 2 aromatic rings. The van der Waals surface area contributed by atoms with Crippen LogP contribution in [0.3, 0.4) is 0 Å². The fourth-order valence-electron chi connectivity index (χ4n) is 2.66. The predicted molar refractivity (Wildman–Crippen MR) is 97.2 cm³/mol. The lowest BCUT2D eigenvalue weighted by atomic mass is 9.99. The molecular weight excluding hydrogens is 347 g/mol. The maximum absolute atomic E-state index is 14.5. The normalized spacial score (nSPS) is 13.4. The van der Waals surface area contributed by atoms with Gasteiger partial charge in [-0.1, -0.05) is 29.8 Å². The van der Waals surface area contributed by atoms with Crippen molar-refractivity contribution in [1.29, 1.82) is 0 Å². The first kappa shape index (κ1) is 17.3. The number of anilines is 1. The number of halogens is 2. The number of benzene rings is 2. The molecule has 1 amide bonds. The Morgan fingerprint density at radius 1 is 1.29 bits per heavy atom. The Balaban J connectivity index is 1.56. The van der Waals surface area contributed by atoms with E-state index in [9.17, 15) is 9.18 Å². The van der Waals surface area contributed by atoms with Gasteiger partial charge in [0.25, 0.3) is 0 Å². The van der Waals surface area contributed by atoms with Crippen molar-refractivity contribution in [2.75, 3.05) is 17.6 Å². The van der Waals surface area contributed by atoms with Gasteiger partial charge in [0.15, 0.2) is 0 Å². The largest absolute Gasteiger partial charge is 0.324 e. The van der Waals surface area contributed by atoms with E-state index in [-0.39, 0.29) is 17.4 Å². The van der Waals surface area contributed by atoms with Crippen molar-refractivity contribution in [2.24, 2.45) is 0 Å². The molecule has 1 heterocycles. The molecule has 0 saturated heterocycles. The summed E-state index contributed by atoms with van der Waals surface area (Å²) in [5.74, 6) is 0.0925. The van der Waals surface area contributed by atoms with Crippen molar-refractivity contribution in [3.8, 4) is 0 Å². The van der Waals surface area contributed by atoms with Crippen LogP contribution >= 0.6 is 23.4 Å². The Morgan fingerprint density at radius 3 is 2.96 bits per heavy atom. The highest BCUT2D eigenvalue weighted by Gasteiger charge is 2.17. The van der Waals surface area contributed by atoms with Gasteiger partial charge in [-0.25, -0.2) is 4.39 Å². The summed E-state index contributed by atoms with van der Waals surface area (Å²) in [5, 5.41) is 6.57. The van der Waals surface area contributed by atoms with E-state index in [1.807, 2.05) is 30.3 Å². The van der Waals surface area contributed by atoms with Gasteiger partial charge in [0, 0.05) is 23.6 Å². The Labute approximate surface area is 150 Å². The summed E-state index contributed by atoms with van der Waals surface area (Å²) < 4.78 is 14.5. The maximum Gasteiger partial charge on any atom is 0.225 e. The summed E-state index contributed by atoms with van der Waals surface area (Å²) in [5.41, 5.74) is 1.94. The van der Waals surface area contributed by atoms with Crippen molar-refractivity contribution in [3.63, 3.8) is 0 Å². The van der Waals surface area contributed by atoms with Gasteiger partial charge in [0.2, 0.25) is 5.91 Å². The van der Waals surface area contributed by atoms with Gasteiger partial charge < -0.3 is 10.6 Å². The molecule has 0 spiro atoms. The molecule has 1 aliphatic heterocycles. The number of carbonyl (C=O) groups excluding carboxylic acids is 1. The molecule has 3 rings (SSSR count). The van der Waals surface area contributed by atoms with Crippen LogP contribution in [-0.2, 0) is 17.8 Å². The Hall–Kier alpha value is -1.56. The molecule has 0 fully saturated rings. The summed E-state index contributed by atoms with van der Waals surface area (Å²) in [4.78, 5) is 13.0. The van der Waals surface area contributed by atoms with Crippen LogP contribution in [0.4, 0.5) is 10.1 Å². The van der Waals surface area contributed by atoms with E-state index in [1.165, 1.54) is 11.8 Å². The molecule has 0 unspecified atom stereocenters. The first-order valence-electron chi connectivity index (χ1n) is 7.83. The molecule has 0 aliphatic carbocycles. The van der Waals surface area contributed by atoms with Crippen molar-refractivity contribution in [1.82, 2.24) is 5.32 Å². The van der Waals surface area contributed by atoms with Crippen LogP contribution in [0.1, 0.15) is 17.5 Å². The van der Waals surface area contributed by atoms with Crippen molar-refractivity contribution < 1.29 is 9.18 Å². The van der Waals surface area contributed by atoms with Crippen molar-refractivity contribution in [3.05, 3.63) is 58.4 Å². The highest BCUT2D eigenvalue weighted by molar-refractivity contribution is 7.99. The molecule has 6 heteroatoms. The minimum Gasteiger partial charge on any atom is -0.324 e. The van der Waals surface area contributed by atoms with Gasteiger partial charge in [0.1, 0.15) is 5.82 Å². The summed E-state index contributed by atoms with van der Waals surface area (Å²) in [6, 6.07) is 11.0. The second kappa shape index (κ2) is 8.01. The average Bonchev–Trinajstić information content (AvgIpc) is 2.59. The Kier molecular flexibility index (Phi) is 5.76. The van der Waals surface area contributed by atoms with Crippen molar-refractivity contribution in [2.45, 2.75) is 24.3 Å². The van der Waals surface area contributed by atoms with Gasteiger partial charge in [-0.15, -0.1) is 11.8 Å². The molecule has 2 aromatic carbocycles.